The van der Waals surface area contributed by atoms with Gasteiger partial charge in [-0.25, -0.2) is 28.1 Å². The van der Waals surface area contributed by atoms with Gasteiger partial charge in [-0.15, -0.1) is 0 Å². The van der Waals surface area contributed by atoms with E-state index >= 15 is 0 Å². The number of fused-ring (bicyclic) bond motifs is 1. The fourth-order valence-electron chi connectivity index (χ4n) is 3.14. The molecule has 0 aliphatic carbocycles. The molecule has 3 aromatic rings. The number of nitrogens with one attached hydrogen (secondary N) is 1. The van der Waals surface area contributed by atoms with Crippen LogP contribution in [0.4, 0.5) is 13.2 Å². The number of halogens is 3. The van der Waals surface area contributed by atoms with Crippen LogP contribution in [-0.2, 0) is 19.5 Å². The number of H-pyrrole nitrogens is 1. The maximum absolute atomic E-state index is 13.4. The summed E-state index contributed by atoms with van der Waals surface area (Å²) in [6, 6.07) is 1.96. The number of benzene rings is 1. The molecule has 6 nitrogen and oxygen atoms in total. The monoisotopic (exact) mass is 373 g/mol. The third-order valence-corrected chi connectivity index (χ3v) is 4.44. The van der Waals surface area contributed by atoms with Gasteiger partial charge in [-0.1, -0.05) is 0 Å². The fourth-order valence-corrected chi connectivity index (χ4v) is 3.14. The van der Waals surface area contributed by atoms with Crippen molar-refractivity contribution in [3.8, 4) is 11.4 Å². The van der Waals surface area contributed by atoms with Gasteiger partial charge in [0.1, 0.15) is 12.2 Å². The number of aromatic amines is 1. The second-order valence-corrected chi connectivity index (χ2v) is 6.30. The molecule has 0 spiro atoms. The highest BCUT2D eigenvalue weighted by Crippen LogP contribution is 2.21. The number of rotatable bonds is 3. The normalized spacial score (nSPS) is 14.2. The average Bonchev–Trinajstić information content (AvgIpc) is 2.66. The van der Waals surface area contributed by atoms with Crippen LogP contribution in [0.1, 0.15) is 16.8 Å². The highest BCUT2D eigenvalue weighted by molar-refractivity contribution is 5.52. The van der Waals surface area contributed by atoms with E-state index in [1.54, 1.807) is 12.4 Å². The summed E-state index contributed by atoms with van der Waals surface area (Å²) in [6.45, 7) is 1.07. The van der Waals surface area contributed by atoms with Crippen LogP contribution in [0.5, 0.6) is 0 Å². The van der Waals surface area contributed by atoms with Crippen LogP contribution in [0.2, 0.25) is 0 Å². The standard InChI is InChI=1S/C18H14F3N5O/c19-13-3-10(4-14(20)16(13)21)7-26-2-1-12-15(8-26)24-17(25-18(12)27)11-5-22-9-23-6-11/h3-6,9H,1-2,7-8H2,(H,24,25,27). The van der Waals surface area contributed by atoms with Crippen molar-refractivity contribution in [2.45, 2.75) is 19.5 Å². The maximum Gasteiger partial charge on any atom is 0.254 e. The van der Waals surface area contributed by atoms with Gasteiger partial charge in [-0.05, 0) is 24.1 Å². The maximum atomic E-state index is 13.4. The molecule has 0 fully saturated rings. The highest BCUT2D eigenvalue weighted by Gasteiger charge is 2.22. The smallest absolute Gasteiger partial charge is 0.254 e. The Kier molecular flexibility index (Phi) is 4.44. The van der Waals surface area contributed by atoms with Crippen molar-refractivity contribution in [1.29, 1.82) is 0 Å². The van der Waals surface area contributed by atoms with Gasteiger partial charge in [0.2, 0.25) is 0 Å². The lowest BCUT2D eigenvalue weighted by Gasteiger charge is -2.27. The number of nitrogens with zero attached hydrogens (tertiary/aromatic N) is 4. The highest BCUT2D eigenvalue weighted by atomic mass is 19.2. The van der Waals surface area contributed by atoms with Crippen LogP contribution in [0.3, 0.4) is 0 Å². The third kappa shape index (κ3) is 3.45. The van der Waals surface area contributed by atoms with Crippen LogP contribution < -0.4 is 5.56 Å². The molecule has 0 amide bonds. The summed E-state index contributed by atoms with van der Waals surface area (Å²) < 4.78 is 40.0. The summed E-state index contributed by atoms with van der Waals surface area (Å²) in [4.78, 5) is 29.3. The van der Waals surface area contributed by atoms with Gasteiger partial charge in [0, 0.05) is 37.6 Å². The lowest BCUT2D eigenvalue weighted by atomic mass is 10.1. The average molecular weight is 373 g/mol. The fraction of sp³-hybridized carbons (Fsp3) is 0.222. The van der Waals surface area contributed by atoms with Crippen LogP contribution >= 0.6 is 0 Å². The van der Waals surface area contributed by atoms with Crippen molar-refractivity contribution in [3.05, 3.63) is 75.5 Å². The van der Waals surface area contributed by atoms with E-state index in [0.717, 1.165) is 12.1 Å². The minimum absolute atomic E-state index is 0.214. The molecule has 1 aromatic carbocycles. The molecule has 0 saturated heterocycles. The first-order chi connectivity index (χ1) is 13.0. The Labute approximate surface area is 151 Å². The van der Waals surface area contributed by atoms with Gasteiger partial charge in [-0.3, -0.25) is 9.69 Å². The van der Waals surface area contributed by atoms with Gasteiger partial charge in [0.05, 0.1) is 11.3 Å². The molecular weight excluding hydrogens is 359 g/mol. The van der Waals surface area contributed by atoms with E-state index in [9.17, 15) is 18.0 Å². The van der Waals surface area contributed by atoms with Gasteiger partial charge < -0.3 is 4.98 Å². The minimum Gasteiger partial charge on any atom is -0.306 e. The predicted octanol–water partition coefficient (Wildman–Crippen LogP) is 2.20. The quantitative estimate of drug-likeness (QED) is 0.713. The molecule has 0 bridgehead atoms. The molecule has 9 heteroatoms. The van der Waals surface area contributed by atoms with E-state index in [1.807, 2.05) is 4.90 Å². The predicted molar refractivity (Wildman–Crippen MR) is 90.0 cm³/mol. The van der Waals surface area contributed by atoms with Crippen LogP contribution in [-0.4, -0.2) is 31.4 Å². The van der Waals surface area contributed by atoms with E-state index in [1.165, 1.54) is 6.33 Å². The topological polar surface area (TPSA) is 74.8 Å². The van der Waals surface area contributed by atoms with Crippen molar-refractivity contribution in [3.63, 3.8) is 0 Å². The molecule has 138 valence electrons. The van der Waals surface area contributed by atoms with Crippen LogP contribution in [0, 0.1) is 17.5 Å². The SMILES string of the molecule is O=c1[nH]c(-c2cncnc2)nc2c1CCN(Cc1cc(F)c(F)c(F)c1)C2. The Bertz CT molecular complexity index is 1030. The van der Waals surface area contributed by atoms with E-state index in [2.05, 4.69) is 19.9 Å². The summed E-state index contributed by atoms with van der Waals surface area (Å²) in [5.74, 6) is -3.56. The van der Waals surface area contributed by atoms with Crippen LogP contribution in [0.25, 0.3) is 11.4 Å². The van der Waals surface area contributed by atoms with Crippen molar-refractivity contribution in [2.24, 2.45) is 0 Å². The zero-order chi connectivity index (χ0) is 19.0. The van der Waals surface area contributed by atoms with Gasteiger partial charge in [0.15, 0.2) is 17.5 Å². The molecule has 1 aliphatic rings. The Morgan fingerprint density at radius 1 is 1.11 bits per heavy atom. The second-order valence-electron chi connectivity index (χ2n) is 6.30. The molecule has 3 heterocycles. The first-order valence-corrected chi connectivity index (χ1v) is 8.24. The summed E-state index contributed by atoms with van der Waals surface area (Å²) in [5, 5.41) is 0. The Hall–Kier alpha value is -3.07. The molecule has 4 rings (SSSR count). The molecule has 0 saturated carbocycles. The summed E-state index contributed by atoms with van der Waals surface area (Å²) >= 11 is 0. The number of hydrogen-bond acceptors (Lipinski definition) is 5. The summed E-state index contributed by atoms with van der Waals surface area (Å²) in [6.07, 6.45) is 4.92. The zero-order valence-electron chi connectivity index (χ0n) is 14.0. The number of aromatic nitrogens is 4. The van der Waals surface area contributed by atoms with Crippen molar-refractivity contribution >= 4 is 0 Å². The number of hydrogen-bond donors (Lipinski definition) is 1. The van der Waals surface area contributed by atoms with Crippen molar-refractivity contribution in [2.75, 3.05) is 6.54 Å². The van der Waals surface area contributed by atoms with E-state index in [4.69, 9.17) is 0 Å². The molecule has 1 N–H and O–H groups in total. The minimum atomic E-state index is -1.48. The Morgan fingerprint density at radius 3 is 2.52 bits per heavy atom. The lowest BCUT2D eigenvalue weighted by molar-refractivity contribution is 0.239. The van der Waals surface area contributed by atoms with Gasteiger partial charge in [-0.2, -0.15) is 0 Å². The van der Waals surface area contributed by atoms with Gasteiger partial charge >= 0.3 is 0 Å². The Morgan fingerprint density at radius 2 is 1.81 bits per heavy atom. The third-order valence-electron chi connectivity index (χ3n) is 4.44. The van der Waals surface area contributed by atoms with Crippen molar-refractivity contribution < 1.29 is 13.2 Å². The molecule has 27 heavy (non-hydrogen) atoms. The Balaban J connectivity index is 1.61. The lowest BCUT2D eigenvalue weighted by Crippen LogP contribution is -2.35. The summed E-state index contributed by atoms with van der Waals surface area (Å²) in [7, 11) is 0. The molecule has 0 atom stereocenters. The second kappa shape index (κ2) is 6.92. The van der Waals surface area contributed by atoms with E-state index in [-0.39, 0.29) is 12.1 Å². The molecule has 0 radical (unpaired) electrons. The van der Waals surface area contributed by atoms with E-state index < -0.39 is 17.5 Å². The largest absolute Gasteiger partial charge is 0.306 e. The zero-order valence-corrected chi connectivity index (χ0v) is 14.0. The van der Waals surface area contributed by atoms with Crippen molar-refractivity contribution in [1.82, 2.24) is 24.8 Å². The van der Waals surface area contributed by atoms with E-state index in [0.29, 0.717) is 47.7 Å². The molecule has 1 aliphatic heterocycles. The molecule has 2 aromatic heterocycles. The van der Waals surface area contributed by atoms with Crippen LogP contribution in [0.15, 0.2) is 35.6 Å². The molecule has 0 unspecified atom stereocenters. The first-order valence-electron chi connectivity index (χ1n) is 8.24. The first kappa shape index (κ1) is 17.3. The molecular formula is C18H14F3N5O. The van der Waals surface area contributed by atoms with Gasteiger partial charge in [0.25, 0.3) is 5.56 Å². The summed E-state index contributed by atoms with van der Waals surface area (Å²) in [5.41, 5.74) is 1.85.